The molecule has 3 atom stereocenters. The number of carbonyl (C=O) groups excluding carboxylic acids is 2. The highest BCUT2D eigenvalue weighted by molar-refractivity contribution is 5.98. The number of hydrogen-bond acceptors (Lipinski definition) is 7. The van der Waals surface area contributed by atoms with Crippen LogP contribution in [0.15, 0.2) is 0 Å². The Bertz CT molecular complexity index is 744. The van der Waals surface area contributed by atoms with Gasteiger partial charge >= 0.3 is 6.03 Å². The third-order valence-electron chi connectivity index (χ3n) is 9.05. The van der Waals surface area contributed by atoms with Gasteiger partial charge in [-0.2, -0.15) is 0 Å². The SMILES string of the molecule is CC(C)CN1C(=O)N(C)C(=O)C2C(NC3CCCCC3)N(CC3CCC(N4CCNC4)CC3)NC21. The molecule has 3 saturated heterocycles. The molecule has 9 heteroatoms. The van der Waals surface area contributed by atoms with E-state index < -0.39 is 0 Å². The van der Waals surface area contributed by atoms with Gasteiger partial charge in [-0.3, -0.25) is 19.9 Å². The number of hydrazine groups is 1. The van der Waals surface area contributed by atoms with Crippen molar-refractivity contribution in [1.82, 2.24) is 35.8 Å². The second kappa shape index (κ2) is 11.0. The Morgan fingerprint density at radius 3 is 2.43 bits per heavy atom. The van der Waals surface area contributed by atoms with Crippen LogP contribution >= 0.6 is 0 Å². The van der Waals surface area contributed by atoms with Crippen LogP contribution < -0.4 is 16.1 Å². The van der Waals surface area contributed by atoms with Crippen LogP contribution in [-0.4, -0.2) is 96.0 Å². The van der Waals surface area contributed by atoms with Crippen molar-refractivity contribution >= 4 is 11.9 Å². The molecule has 0 aromatic rings. The zero-order valence-corrected chi connectivity index (χ0v) is 22.0. The van der Waals surface area contributed by atoms with Gasteiger partial charge in [0.2, 0.25) is 5.91 Å². The Labute approximate surface area is 211 Å². The summed E-state index contributed by atoms with van der Waals surface area (Å²) < 4.78 is 0. The minimum absolute atomic E-state index is 0.0476. The van der Waals surface area contributed by atoms with Crippen LogP contribution in [0, 0.1) is 17.8 Å². The van der Waals surface area contributed by atoms with Gasteiger partial charge in [0.05, 0.1) is 6.17 Å². The van der Waals surface area contributed by atoms with Crippen LogP contribution in [0.5, 0.6) is 0 Å². The molecular weight excluding hydrogens is 442 g/mol. The van der Waals surface area contributed by atoms with Gasteiger partial charge in [-0.1, -0.05) is 33.1 Å². The van der Waals surface area contributed by atoms with Crippen molar-refractivity contribution in [3.05, 3.63) is 0 Å². The molecule has 3 heterocycles. The lowest BCUT2D eigenvalue weighted by Gasteiger charge is -2.42. The predicted molar refractivity (Wildman–Crippen MR) is 136 cm³/mol. The van der Waals surface area contributed by atoms with Crippen LogP contribution in [0.4, 0.5) is 4.79 Å². The van der Waals surface area contributed by atoms with Crippen LogP contribution in [0.3, 0.4) is 0 Å². The van der Waals surface area contributed by atoms with Gasteiger partial charge < -0.3 is 10.2 Å². The lowest BCUT2D eigenvalue weighted by Crippen LogP contribution is -2.64. The lowest BCUT2D eigenvalue weighted by atomic mass is 9.85. The van der Waals surface area contributed by atoms with Gasteiger partial charge in [0.1, 0.15) is 12.1 Å². The quantitative estimate of drug-likeness (QED) is 0.504. The molecular formula is C26H47N7O2. The first-order valence-electron chi connectivity index (χ1n) is 14.2. The van der Waals surface area contributed by atoms with E-state index in [1.807, 2.05) is 4.90 Å². The highest BCUT2D eigenvalue weighted by atomic mass is 16.2. The Balaban J connectivity index is 1.31. The molecule has 198 valence electrons. The van der Waals surface area contributed by atoms with E-state index in [-0.39, 0.29) is 30.2 Å². The Morgan fingerprint density at radius 2 is 1.77 bits per heavy atom. The van der Waals surface area contributed by atoms with Crippen molar-refractivity contribution in [1.29, 1.82) is 0 Å². The predicted octanol–water partition coefficient (Wildman–Crippen LogP) is 1.97. The maximum Gasteiger partial charge on any atom is 0.327 e. The second-order valence-electron chi connectivity index (χ2n) is 12.1. The van der Waals surface area contributed by atoms with Gasteiger partial charge in [0.25, 0.3) is 0 Å². The van der Waals surface area contributed by atoms with E-state index in [0.717, 1.165) is 19.8 Å². The Kier molecular flexibility index (Phi) is 7.99. The first-order valence-corrected chi connectivity index (χ1v) is 14.2. The standard InChI is InChI=1S/C26H47N7O2/c1-18(2)15-32-24-22(25(34)30(3)26(32)35)23(28-20-7-5-4-6-8-20)33(29-24)16-19-9-11-21(12-10-19)31-14-13-27-17-31/h18-24,27-29H,4-17H2,1-3H3. The zero-order valence-electron chi connectivity index (χ0n) is 22.0. The van der Waals surface area contributed by atoms with E-state index in [0.29, 0.717) is 30.5 Å². The molecule has 5 aliphatic rings. The molecule has 3 N–H and O–H groups in total. The molecule has 0 radical (unpaired) electrons. The van der Waals surface area contributed by atoms with E-state index in [1.54, 1.807) is 7.05 Å². The maximum atomic E-state index is 13.5. The summed E-state index contributed by atoms with van der Waals surface area (Å²) in [5, 5.41) is 9.71. The highest BCUT2D eigenvalue weighted by Crippen LogP contribution is 2.35. The Hall–Kier alpha value is -1.26. The smallest absolute Gasteiger partial charge is 0.306 e. The number of rotatable bonds is 7. The molecule has 0 spiro atoms. The van der Waals surface area contributed by atoms with Crippen molar-refractivity contribution in [2.75, 3.05) is 39.9 Å². The second-order valence-corrected chi connectivity index (χ2v) is 12.1. The number of urea groups is 1. The number of nitrogens with zero attached hydrogens (tertiary/aromatic N) is 4. The number of hydrogen-bond donors (Lipinski definition) is 3. The minimum atomic E-state index is -0.273. The van der Waals surface area contributed by atoms with Crippen LogP contribution in [0.2, 0.25) is 0 Å². The van der Waals surface area contributed by atoms with Crippen molar-refractivity contribution in [3.63, 3.8) is 0 Å². The zero-order chi connectivity index (χ0) is 24.5. The fourth-order valence-corrected chi connectivity index (χ4v) is 7.12. The average Bonchev–Trinajstić information content (AvgIpc) is 3.51. The molecule has 2 aliphatic carbocycles. The van der Waals surface area contributed by atoms with Gasteiger partial charge in [0.15, 0.2) is 0 Å². The van der Waals surface area contributed by atoms with Crippen molar-refractivity contribution < 1.29 is 9.59 Å². The number of imide groups is 1. The van der Waals surface area contributed by atoms with Crippen molar-refractivity contribution in [2.24, 2.45) is 17.8 Å². The molecule has 5 fully saturated rings. The fourth-order valence-electron chi connectivity index (χ4n) is 7.12. The van der Waals surface area contributed by atoms with E-state index in [2.05, 4.69) is 39.8 Å². The molecule has 3 amide bonds. The summed E-state index contributed by atoms with van der Waals surface area (Å²) in [6.45, 7) is 9.19. The van der Waals surface area contributed by atoms with Crippen LogP contribution in [-0.2, 0) is 4.79 Å². The maximum absolute atomic E-state index is 13.5. The molecule has 3 aliphatic heterocycles. The summed E-state index contributed by atoms with van der Waals surface area (Å²) in [4.78, 5) is 32.5. The largest absolute Gasteiger partial charge is 0.327 e. The van der Waals surface area contributed by atoms with Crippen LogP contribution in [0.25, 0.3) is 0 Å². The lowest BCUT2D eigenvalue weighted by molar-refractivity contribution is -0.138. The third-order valence-corrected chi connectivity index (χ3v) is 9.05. The van der Waals surface area contributed by atoms with E-state index in [1.165, 1.54) is 69.2 Å². The van der Waals surface area contributed by atoms with Crippen LogP contribution in [0.1, 0.15) is 71.6 Å². The monoisotopic (exact) mass is 489 g/mol. The normalized spacial score (nSPS) is 35.9. The molecule has 2 saturated carbocycles. The summed E-state index contributed by atoms with van der Waals surface area (Å²) in [6.07, 6.45) is 10.8. The van der Waals surface area contributed by atoms with E-state index >= 15 is 0 Å². The summed E-state index contributed by atoms with van der Waals surface area (Å²) in [6, 6.07) is 0.987. The number of nitrogens with one attached hydrogen (secondary N) is 3. The third kappa shape index (κ3) is 5.39. The molecule has 9 nitrogen and oxygen atoms in total. The molecule has 3 unspecified atom stereocenters. The molecule has 5 rings (SSSR count). The number of carbonyl (C=O) groups is 2. The van der Waals surface area contributed by atoms with Gasteiger partial charge in [-0.15, -0.1) is 0 Å². The summed E-state index contributed by atoms with van der Waals surface area (Å²) in [5.41, 5.74) is 3.69. The highest BCUT2D eigenvalue weighted by Gasteiger charge is 2.55. The molecule has 0 bridgehead atoms. The molecule has 0 aromatic heterocycles. The Morgan fingerprint density at radius 1 is 1.03 bits per heavy atom. The molecule has 35 heavy (non-hydrogen) atoms. The topological polar surface area (TPSA) is 83.2 Å². The summed E-state index contributed by atoms with van der Waals surface area (Å²) in [7, 11) is 1.66. The van der Waals surface area contributed by atoms with Gasteiger partial charge in [-0.05, 0) is 50.4 Å². The van der Waals surface area contributed by atoms with Gasteiger partial charge in [0, 0.05) is 52.0 Å². The first-order chi connectivity index (χ1) is 16.9. The summed E-state index contributed by atoms with van der Waals surface area (Å²) >= 11 is 0. The molecule has 0 aromatic carbocycles. The van der Waals surface area contributed by atoms with E-state index in [4.69, 9.17) is 0 Å². The first kappa shape index (κ1) is 25.4. The summed E-state index contributed by atoms with van der Waals surface area (Å²) in [5.74, 6) is 0.642. The van der Waals surface area contributed by atoms with Crippen molar-refractivity contribution in [3.8, 4) is 0 Å². The van der Waals surface area contributed by atoms with Crippen molar-refractivity contribution in [2.45, 2.75) is 96.1 Å². The van der Waals surface area contributed by atoms with E-state index in [9.17, 15) is 9.59 Å². The fraction of sp³-hybridized carbons (Fsp3) is 0.923. The minimum Gasteiger partial charge on any atom is -0.306 e. The van der Waals surface area contributed by atoms with Gasteiger partial charge in [-0.25, -0.2) is 15.2 Å². The number of fused-ring (bicyclic) bond motifs is 1. The number of amides is 3. The average molecular weight is 490 g/mol.